The van der Waals surface area contributed by atoms with Gasteiger partial charge in [0.1, 0.15) is 0 Å². The highest BCUT2D eigenvalue weighted by molar-refractivity contribution is 7.80. The summed E-state index contributed by atoms with van der Waals surface area (Å²) >= 11 is 5.18. The molecule has 0 bridgehead atoms. The third kappa shape index (κ3) is 4.99. The van der Waals surface area contributed by atoms with Crippen molar-refractivity contribution in [3.8, 4) is 0 Å². The fourth-order valence-electron chi connectivity index (χ4n) is 2.16. The fraction of sp³-hybridized carbons (Fsp3) is 0.235. The van der Waals surface area contributed by atoms with Gasteiger partial charge in [0.05, 0.1) is 4.92 Å². The molecule has 0 atom stereocenters. The number of rotatable bonds is 6. The number of nitrogens with zero attached hydrogens (tertiary/aromatic N) is 1. The van der Waals surface area contributed by atoms with E-state index in [-0.39, 0.29) is 5.11 Å². The number of thiocarbonyl (C=S) groups is 1. The molecule has 7 heteroatoms. The Morgan fingerprint density at radius 1 is 1.17 bits per heavy atom. The Morgan fingerprint density at radius 2 is 1.79 bits per heavy atom. The summed E-state index contributed by atoms with van der Waals surface area (Å²) in [6.45, 7) is 2.15. The Labute approximate surface area is 145 Å². The van der Waals surface area contributed by atoms with Gasteiger partial charge >= 0.3 is 5.69 Å². The Hall–Kier alpha value is -2.54. The monoisotopic (exact) mass is 347 g/mol. The summed E-state index contributed by atoms with van der Waals surface area (Å²) in [5.74, 6) is -0.882. The zero-order valence-corrected chi connectivity index (χ0v) is 14.0. The van der Waals surface area contributed by atoms with Crippen molar-refractivity contribution < 1.29 is 9.31 Å². The van der Waals surface area contributed by atoms with Crippen LogP contribution in [0.3, 0.4) is 0 Å². The topological polar surface area (TPSA) is 67.2 Å². The Bertz CT molecular complexity index is 735. The number of unbranched alkanes of at least 4 members (excludes halogenated alkanes) is 1. The van der Waals surface area contributed by atoms with Crippen molar-refractivity contribution in [3.63, 3.8) is 0 Å². The number of hydrogen-bond acceptors (Lipinski definition) is 3. The van der Waals surface area contributed by atoms with Crippen LogP contribution in [-0.4, -0.2) is 10.0 Å². The smallest absolute Gasteiger partial charge is 0.306 e. The maximum atomic E-state index is 13.3. The van der Waals surface area contributed by atoms with Gasteiger partial charge in [-0.15, -0.1) is 0 Å². The molecule has 0 saturated heterocycles. The van der Waals surface area contributed by atoms with E-state index in [4.69, 9.17) is 12.2 Å². The van der Waals surface area contributed by atoms with E-state index >= 15 is 0 Å². The molecule has 0 aromatic heterocycles. The number of halogens is 1. The Kier molecular flexibility index (Phi) is 6.20. The SMILES string of the molecule is CCCCc1ccc(NC(=S)Nc2ccc(F)c([N+](=O)[O-])c2)cc1. The lowest BCUT2D eigenvalue weighted by Crippen LogP contribution is -2.19. The molecule has 0 saturated carbocycles. The van der Waals surface area contributed by atoms with Crippen molar-refractivity contribution in [3.05, 3.63) is 64.0 Å². The van der Waals surface area contributed by atoms with E-state index in [2.05, 4.69) is 17.6 Å². The standard InChI is InChI=1S/C17H18FN3O2S/c1-2-3-4-12-5-7-13(8-6-12)19-17(24)20-14-9-10-15(18)16(11-14)21(22)23/h5-11H,2-4H2,1H3,(H2,19,20,24). The van der Waals surface area contributed by atoms with E-state index < -0.39 is 16.4 Å². The first-order chi connectivity index (χ1) is 11.5. The maximum absolute atomic E-state index is 13.3. The van der Waals surface area contributed by atoms with Crippen molar-refractivity contribution in [1.29, 1.82) is 0 Å². The number of benzene rings is 2. The second kappa shape index (κ2) is 8.35. The highest BCUT2D eigenvalue weighted by Gasteiger charge is 2.14. The molecule has 0 aliphatic heterocycles. The number of nitro groups is 1. The first-order valence-corrected chi connectivity index (χ1v) is 8.01. The van der Waals surface area contributed by atoms with Gasteiger partial charge in [-0.3, -0.25) is 10.1 Å². The summed E-state index contributed by atoms with van der Waals surface area (Å²) in [4.78, 5) is 9.98. The van der Waals surface area contributed by atoms with Gasteiger partial charge in [-0.05, 0) is 54.9 Å². The molecule has 0 radical (unpaired) electrons. The largest absolute Gasteiger partial charge is 0.332 e. The third-order valence-electron chi connectivity index (χ3n) is 3.43. The van der Waals surface area contributed by atoms with Crippen molar-refractivity contribution >= 4 is 34.4 Å². The normalized spacial score (nSPS) is 10.2. The lowest BCUT2D eigenvalue weighted by Gasteiger charge is -2.11. The molecule has 2 aromatic carbocycles. The van der Waals surface area contributed by atoms with E-state index in [0.717, 1.165) is 37.1 Å². The molecule has 2 aromatic rings. The molecular weight excluding hydrogens is 329 g/mol. The highest BCUT2D eigenvalue weighted by atomic mass is 32.1. The first kappa shape index (κ1) is 17.8. The van der Waals surface area contributed by atoms with Crippen LogP contribution in [0.4, 0.5) is 21.5 Å². The second-order valence-electron chi connectivity index (χ2n) is 5.30. The average molecular weight is 347 g/mol. The zero-order chi connectivity index (χ0) is 17.5. The zero-order valence-electron chi connectivity index (χ0n) is 13.2. The lowest BCUT2D eigenvalue weighted by atomic mass is 10.1. The molecular formula is C17H18FN3O2S. The predicted molar refractivity (Wildman–Crippen MR) is 98.0 cm³/mol. The van der Waals surface area contributed by atoms with Crippen molar-refractivity contribution in [2.24, 2.45) is 0 Å². The molecule has 0 fully saturated rings. The number of anilines is 2. The summed E-state index contributed by atoms with van der Waals surface area (Å²) in [6.07, 6.45) is 3.34. The van der Waals surface area contributed by atoms with Crippen LogP contribution in [0.1, 0.15) is 25.3 Å². The summed E-state index contributed by atoms with van der Waals surface area (Å²) in [6, 6.07) is 11.4. The average Bonchev–Trinajstić information content (AvgIpc) is 2.55. The van der Waals surface area contributed by atoms with E-state index in [9.17, 15) is 14.5 Å². The molecule has 0 amide bonds. The maximum Gasteiger partial charge on any atom is 0.306 e. The van der Waals surface area contributed by atoms with Crippen LogP contribution in [0.5, 0.6) is 0 Å². The van der Waals surface area contributed by atoms with Gasteiger partial charge < -0.3 is 10.6 Å². The number of nitrogens with one attached hydrogen (secondary N) is 2. The van der Waals surface area contributed by atoms with Gasteiger partial charge in [0.15, 0.2) is 5.11 Å². The highest BCUT2D eigenvalue weighted by Crippen LogP contribution is 2.22. The Morgan fingerprint density at radius 3 is 2.42 bits per heavy atom. The van der Waals surface area contributed by atoms with Crippen molar-refractivity contribution in [2.45, 2.75) is 26.2 Å². The predicted octanol–water partition coefficient (Wildman–Crippen LogP) is 4.89. The molecule has 24 heavy (non-hydrogen) atoms. The van der Waals surface area contributed by atoms with Gasteiger partial charge in [-0.1, -0.05) is 25.5 Å². The van der Waals surface area contributed by atoms with Crippen LogP contribution in [0, 0.1) is 15.9 Å². The summed E-state index contributed by atoms with van der Waals surface area (Å²) in [7, 11) is 0. The molecule has 2 rings (SSSR count). The van der Waals surface area contributed by atoms with E-state index in [1.54, 1.807) is 0 Å². The molecule has 2 N–H and O–H groups in total. The molecule has 0 heterocycles. The summed E-state index contributed by atoms with van der Waals surface area (Å²) < 4.78 is 13.3. The van der Waals surface area contributed by atoms with E-state index in [1.165, 1.54) is 11.6 Å². The molecule has 0 aliphatic rings. The van der Waals surface area contributed by atoms with Gasteiger partial charge in [-0.25, -0.2) is 0 Å². The minimum absolute atomic E-state index is 0.275. The van der Waals surface area contributed by atoms with E-state index in [0.29, 0.717) is 5.69 Å². The number of aryl methyl sites for hydroxylation is 1. The second-order valence-corrected chi connectivity index (χ2v) is 5.71. The minimum Gasteiger partial charge on any atom is -0.332 e. The molecule has 5 nitrogen and oxygen atoms in total. The van der Waals surface area contributed by atoms with Crippen molar-refractivity contribution in [1.82, 2.24) is 0 Å². The molecule has 0 spiro atoms. The molecule has 126 valence electrons. The van der Waals surface area contributed by atoms with Gasteiger partial charge in [-0.2, -0.15) is 4.39 Å². The van der Waals surface area contributed by atoms with Crippen molar-refractivity contribution in [2.75, 3.05) is 10.6 Å². The number of hydrogen-bond donors (Lipinski definition) is 2. The first-order valence-electron chi connectivity index (χ1n) is 7.60. The van der Waals surface area contributed by atoms with Gasteiger partial charge in [0.25, 0.3) is 0 Å². The van der Waals surface area contributed by atoms with Crippen LogP contribution in [0.15, 0.2) is 42.5 Å². The van der Waals surface area contributed by atoms with E-state index in [1.807, 2.05) is 24.3 Å². The van der Waals surface area contributed by atoms with Crippen LogP contribution in [0.2, 0.25) is 0 Å². The third-order valence-corrected chi connectivity index (χ3v) is 3.64. The lowest BCUT2D eigenvalue weighted by molar-refractivity contribution is -0.387. The Balaban J connectivity index is 1.98. The fourth-order valence-corrected chi connectivity index (χ4v) is 2.40. The van der Waals surface area contributed by atoms with Crippen LogP contribution < -0.4 is 10.6 Å². The number of nitro benzene ring substituents is 1. The van der Waals surface area contributed by atoms with Gasteiger partial charge in [0, 0.05) is 17.4 Å². The van der Waals surface area contributed by atoms with Crippen LogP contribution in [0.25, 0.3) is 0 Å². The van der Waals surface area contributed by atoms with Gasteiger partial charge in [0.2, 0.25) is 5.82 Å². The molecule has 0 aliphatic carbocycles. The quantitative estimate of drug-likeness (QED) is 0.443. The summed E-state index contributed by atoms with van der Waals surface area (Å²) in [5.41, 5.74) is 1.82. The van der Waals surface area contributed by atoms with Crippen LogP contribution in [-0.2, 0) is 6.42 Å². The summed E-state index contributed by atoms with van der Waals surface area (Å²) in [5, 5.41) is 16.8. The van der Waals surface area contributed by atoms with Crippen LogP contribution >= 0.6 is 12.2 Å². The molecule has 0 unspecified atom stereocenters. The minimum atomic E-state index is -0.882.